The molecule has 3 rings (SSSR count). The van der Waals surface area contributed by atoms with E-state index in [1.54, 1.807) is 18.2 Å². The molecule has 0 N–H and O–H groups in total. The first-order valence-electron chi connectivity index (χ1n) is 8.54. The fourth-order valence-corrected chi connectivity index (χ4v) is 2.43. The van der Waals surface area contributed by atoms with Crippen LogP contribution in [0.15, 0.2) is 81.1 Å². The summed E-state index contributed by atoms with van der Waals surface area (Å²) in [4.78, 5) is 0. The van der Waals surface area contributed by atoms with E-state index in [-0.39, 0.29) is 0 Å². The Bertz CT molecular complexity index is 1150. The first kappa shape index (κ1) is 18.6. The summed E-state index contributed by atoms with van der Waals surface area (Å²) in [6, 6.07) is 22.0. The maximum Gasteiger partial charge on any atom is 0.104 e. The van der Waals surface area contributed by atoms with E-state index in [1.807, 2.05) is 62.4 Å². The Morgan fingerprint density at radius 2 is 1.29 bits per heavy atom. The van der Waals surface area contributed by atoms with Crippen LogP contribution in [0.25, 0.3) is 0 Å². The smallest absolute Gasteiger partial charge is 0.104 e. The van der Waals surface area contributed by atoms with Crippen LogP contribution in [0.2, 0.25) is 0 Å². The zero-order chi connectivity index (χ0) is 19.9. The number of azo groups is 2. The molecule has 0 atom stereocenters. The van der Waals surface area contributed by atoms with Gasteiger partial charge in [0, 0.05) is 0 Å². The third kappa shape index (κ3) is 4.51. The van der Waals surface area contributed by atoms with Crippen LogP contribution in [0.5, 0.6) is 0 Å². The monoisotopic (exact) mass is 364 g/mol. The Balaban J connectivity index is 1.79. The zero-order valence-electron chi connectivity index (χ0n) is 15.5. The highest BCUT2D eigenvalue weighted by Gasteiger charge is 2.04. The Hall–Kier alpha value is -4.16. The van der Waals surface area contributed by atoms with E-state index in [4.69, 9.17) is 5.26 Å². The third-order valence-electron chi connectivity index (χ3n) is 4.01. The molecule has 0 saturated heterocycles. The zero-order valence-corrected chi connectivity index (χ0v) is 15.5. The second-order valence-corrected chi connectivity index (χ2v) is 6.16. The summed E-state index contributed by atoms with van der Waals surface area (Å²) in [6.07, 6.45) is 0. The molecule has 0 heterocycles. The lowest BCUT2D eigenvalue weighted by atomic mass is 10.1. The van der Waals surface area contributed by atoms with Crippen LogP contribution in [0, 0.1) is 36.5 Å². The molecule has 0 fully saturated rings. The molecule has 3 aromatic rings. The van der Waals surface area contributed by atoms with Gasteiger partial charge in [0.15, 0.2) is 0 Å². The van der Waals surface area contributed by atoms with E-state index < -0.39 is 0 Å². The van der Waals surface area contributed by atoms with Crippen molar-refractivity contribution in [2.24, 2.45) is 20.5 Å². The van der Waals surface area contributed by atoms with E-state index in [0.717, 1.165) is 16.9 Å². The van der Waals surface area contributed by atoms with Gasteiger partial charge in [-0.25, -0.2) is 0 Å². The number of benzene rings is 3. The van der Waals surface area contributed by atoms with Gasteiger partial charge < -0.3 is 0 Å². The molecule has 0 aromatic heterocycles. The normalized spacial score (nSPS) is 10.9. The van der Waals surface area contributed by atoms with Crippen molar-refractivity contribution in [3.63, 3.8) is 0 Å². The summed E-state index contributed by atoms with van der Waals surface area (Å²) in [5, 5.41) is 35.0. The molecule has 0 unspecified atom stereocenters. The predicted octanol–water partition coefficient (Wildman–Crippen LogP) is 6.88. The predicted molar refractivity (Wildman–Crippen MR) is 107 cm³/mol. The van der Waals surface area contributed by atoms with E-state index in [9.17, 15) is 5.26 Å². The number of rotatable bonds is 4. The molecular weight excluding hydrogens is 348 g/mol. The Morgan fingerprint density at radius 1 is 0.643 bits per heavy atom. The first-order chi connectivity index (χ1) is 13.6. The Labute approximate surface area is 163 Å². The van der Waals surface area contributed by atoms with Gasteiger partial charge in [0.05, 0.1) is 34.3 Å². The molecule has 6 heteroatoms. The fourth-order valence-electron chi connectivity index (χ4n) is 2.43. The highest BCUT2D eigenvalue weighted by atomic mass is 15.1. The molecule has 0 aliphatic heterocycles. The average molecular weight is 364 g/mol. The quantitative estimate of drug-likeness (QED) is 0.471. The standard InChI is InChI=1S/C22H16N6/c1-15-3-6-19(7-4-15)25-27-21-10-8-20(11-16(21)2)26-28-22-9-5-17(13-23)12-18(22)14-24/h3-12H,1-2H3. The van der Waals surface area contributed by atoms with Gasteiger partial charge in [0.25, 0.3) is 0 Å². The minimum Gasteiger partial charge on any atom is -0.192 e. The van der Waals surface area contributed by atoms with E-state index in [2.05, 4.69) is 20.5 Å². The molecule has 0 aliphatic carbocycles. The van der Waals surface area contributed by atoms with E-state index >= 15 is 0 Å². The van der Waals surface area contributed by atoms with Crippen LogP contribution in [0.3, 0.4) is 0 Å². The van der Waals surface area contributed by atoms with Crippen molar-refractivity contribution in [3.8, 4) is 12.1 Å². The SMILES string of the molecule is Cc1ccc(N=Nc2ccc(N=Nc3ccc(C#N)cc3C#N)cc2C)cc1. The number of hydrogen-bond acceptors (Lipinski definition) is 6. The number of aryl methyl sites for hydroxylation is 2. The molecule has 134 valence electrons. The van der Waals surface area contributed by atoms with Crippen LogP contribution in [0.1, 0.15) is 22.3 Å². The van der Waals surface area contributed by atoms with Gasteiger partial charge in [-0.2, -0.15) is 25.9 Å². The van der Waals surface area contributed by atoms with Gasteiger partial charge in [-0.3, -0.25) is 0 Å². The van der Waals surface area contributed by atoms with Crippen LogP contribution in [-0.4, -0.2) is 0 Å². The summed E-state index contributed by atoms with van der Waals surface area (Å²) < 4.78 is 0. The Morgan fingerprint density at radius 3 is 1.96 bits per heavy atom. The second kappa shape index (κ2) is 8.48. The number of hydrogen-bond donors (Lipinski definition) is 0. The molecule has 0 saturated carbocycles. The molecule has 0 bridgehead atoms. The molecule has 28 heavy (non-hydrogen) atoms. The van der Waals surface area contributed by atoms with Crippen LogP contribution in [-0.2, 0) is 0 Å². The van der Waals surface area contributed by atoms with Crippen molar-refractivity contribution in [1.82, 2.24) is 0 Å². The number of nitrogens with zero attached hydrogens (tertiary/aromatic N) is 6. The third-order valence-corrected chi connectivity index (χ3v) is 4.01. The molecule has 3 aromatic carbocycles. The average Bonchev–Trinajstić information content (AvgIpc) is 2.72. The molecule has 6 nitrogen and oxygen atoms in total. The minimum atomic E-state index is 0.308. The van der Waals surface area contributed by atoms with Crippen molar-refractivity contribution < 1.29 is 0 Å². The lowest BCUT2D eigenvalue weighted by molar-refractivity contribution is 1.18. The molecule has 0 amide bonds. The molecule has 0 aliphatic rings. The second-order valence-electron chi connectivity index (χ2n) is 6.16. The van der Waals surface area contributed by atoms with Crippen molar-refractivity contribution >= 4 is 22.7 Å². The van der Waals surface area contributed by atoms with Gasteiger partial charge in [0.1, 0.15) is 11.8 Å². The topological polar surface area (TPSA) is 97.0 Å². The van der Waals surface area contributed by atoms with Crippen molar-refractivity contribution in [2.75, 3.05) is 0 Å². The first-order valence-corrected chi connectivity index (χ1v) is 8.54. The lowest BCUT2D eigenvalue weighted by Gasteiger charge is -2.01. The van der Waals surface area contributed by atoms with Gasteiger partial charge in [0.2, 0.25) is 0 Å². The van der Waals surface area contributed by atoms with Crippen LogP contribution >= 0.6 is 0 Å². The van der Waals surface area contributed by atoms with Crippen LogP contribution in [0.4, 0.5) is 22.7 Å². The molecule has 0 radical (unpaired) electrons. The molecular formula is C22H16N6. The summed E-state index contributed by atoms with van der Waals surface area (Å²) in [5.41, 5.74) is 5.40. The maximum atomic E-state index is 9.20. The summed E-state index contributed by atoms with van der Waals surface area (Å²) in [6.45, 7) is 3.95. The van der Waals surface area contributed by atoms with Crippen molar-refractivity contribution in [1.29, 1.82) is 10.5 Å². The van der Waals surface area contributed by atoms with Crippen molar-refractivity contribution in [2.45, 2.75) is 13.8 Å². The summed E-state index contributed by atoms with van der Waals surface area (Å²) in [7, 11) is 0. The highest BCUT2D eigenvalue weighted by molar-refractivity contribution is 5.57. The van der Waals surface area contributed by atoms with Gasteiger partial charge >= 0.3 is 0 Å². The highest BCUT2D eigenvalue weighted by Crippen LogP contribution is 2.28. The summed E-state index contributed by atoms with van der Waals surface area (Å²) in [5.74, 6) is 0. The van der Waals surface area contributed by atoms with Gasteiger partial charge in [-0.1, -0.05) is 17.7 Å². The molecule has 0 spiro atoms. The van der Waals surface area contributed by atoms with Crippen molar-refractivity contribution in [3.05, 3.63) is 82.9 Å². The minimum absolute atomic E-state index is 0.308. The van der Waals surface area contributed by atoms with E-state index in [0.29, 0.717) is 22.5 Å². The lowest BCUT2D eigenvalue weighted by Crippen LogP contribution is -1.79. The fraction of sp³-hybridized carbons (Fsp3) is 0.0909. The largest absolute Gasteiger partial charge is 0.192 e. The summed E-state index contributed by atoms with van der Waals surface area (Å²) >= 11 is 0. The van der Waals surface area contributed by atoms with Crippen LogP contribution < -0.4 is 0 Å². The number of nitriles is 2. The maximum absolute atomic E-state index is 9.20. The Kier molecular flexibility index (Phi) is 5.64. The van der Waals surface area contributed by atoms with Gasteiger partial charge in [-0.15, -0.1) is 5.11 Å². The van der Waals surface area contributed by atoms with E-state index in [1.165, 1.54) is 11.6 Å². The van der Waals surface area contributed by atoms with Gasteiger partial charge in [-0.05, 0) is 67.9 Å².